The Morgan fingerprint density at radius 2 is 1.67 bits per heavy atom. The number of nitrogens with one attached hydrogen (secondary N) is 2. The third-order valence-corrected chi connectivity index (χ3v) is 5.89. The maximum absolute atomic E-state index is 13.2. The number of hydrogen-bond acceptors (Lipinski definition) is 2. The summed E-state index contributed by atoms with van der Waals surface area (Å²) in [5, 5.41) is 3.20. The minimum Gasteiger partial charge on any atom is -0.497 e. The summed E-state index contributed by atoms with van der Waals surface area (Å²) in [6.45, 7) is 2.88. The Bertz CT molecular complexity index is 981. The Hall–Kier alpha value is -3.11. The van der Waals surface area contributed by atoms with Gasteiger partial charge in [0.15, 0.2) is 6.04 Å². The van der Waals surface area contributed by atoms with E-state index in [1.54, 1.807) is 7.11 Å². The molecule has 1 amide bonds. The van der Waals surface area contributed by atoms with Gasteiger partial charge < -0.3 is 15.0 Å². The van der Waals surface area contributed by atoms with Crippen LogP contribution >= 0.6 is 0 Å². The zero-order valence-corrected chi connectivity index (χ0v) is 17.6. The van der Waals surface area contributed by atoms with Crippen molar-refractivity contribution in [3.63, 3.8) is 0 Å². The van der Waals surface area contributed by atoms with Gasteiger partial charge in [-0.2, -0.15) is 0 Å². The molecule has 1 unspecified atom stereocenters. The number of carbonyl (C=O) groups excluding carboxylic acids is 1. The normalized spacial score (nSPS) is 15.3. The van der Waals surface area contributed by atoms with Crippen LogP contribution in [-0.4, -0.2) is 25.1 Å². The molecule has 3 aromatic rings. The second kappa shape index (κ2) is 9.14. The first-order valence-electron chi connectivity index (χ1n) is 10.6. The molecule has 154 valence electrons. The number of hydrogen-bond donors (Lipinski definition) is 2. The Morgan fingerprint density at radius 1 is 1.00 bits per heavy atom. The standard InChI is InChI=1S/C26H28N2O2/c1-19(28(22-14-15-22)18-20-12-16-23(30-2)17-13-20)26(29)27-25-11-7-6-10-24(25)21-8-4-3-5-9-21/h3-13,16-17,19,22H,14-15,18H2,1-2H3,(H,27,29)/p+1/t19-/m0/s1. The molecule has 0 saturated heterocycles. The molecular formula is C26H29N2O2+. The van der Waals surface area contributed by atoms with Crippen molar-refractivity contribution in [1.29, 1.82) is 0 Å². The van der Waals surface area contributed by atoms with Crippen molar-refractivity contribution in [2.24, 2.45) is 0 Å². The summed E-state index contributed by atoms with van der Waals surface area (Å²) < 4.78 is 5.26. The van der Waals surface area contributed by atoms with Crippen LogP contribution < -0.4 is 15.0 Å². The highest BCUT2D eigenvalue weighted by Gasteiger charge is 2.39. The molecule has 0 bridgehead atoms. The Balaban J connectivity index is 1.49. The van der Waals surface area contributed by atoms with Gasteiger partial charge in [-0.25, -0.2) is 0 Å². The van der Waals surface area contributed by atoms with Crippen LogP contribution in [0.25, 0.3) is 11.1 Å². The van der Waals surface area contributed by atoms with E-state index in [0.717, 1.165) is 29.1 Å². The number of benzene rings is 3. The van der Waals surface area contributed by atoms with E-state index < -0.39 is 0 Å². The van der Waals surface area contributed by atoms with Gasteiger partial charge in [-0.15, -0.1) is 0 Å². The number of carbonyl (C=O) groups is 1. The van der Waals surface area contributed by atoms with Gasteiger partial charge >= 0.3 is 0 Å². The first-order valence-corrected chi connectivity index (χ1v) is 10.6. The van der Waals surface area contributed by atoms with E-state index in [9.17, 15) is 4.79 Å². The van der Waals surface area contributed by atoms with Crippen LogP contribution in [0, 0.1) is 0 Å². The molecule has 30 heavy (non-hydrogen) atoms. The molecule has 3 aromatic carbocycles. The monoisotopic (exact) mass is 401 g/mol. The van der Waals surface area contributed by atoms with E-state index >= 15 is 0 Å². The van der Waals surface area contributed by atoms with Crippen molar-refractivity contribution in [3.05, 3.63) is 84.4 Å². The van der Waals surface area contributed by atoms with Crippen molar-refractivity contribution in [2.45, 2.75) is 38.4 Å². The fourth-order valence-electron chi connectivity index (χ4n) is 3.96. The zero-order valence-electron chi connectivity index (χ0n) is 17.6. The predicted octanol–water partition coefficient (Wildman–Crippen LogP) is 3.94. The van der Waals surface area contributed by atoms with Crippen molar-refractivity contribution in [2.75, 3.05) is 12.4 Å². The molecule has 0 heterocycles. The zero-order chi connectivity index (χ0) is 20.9. The maximum Gasteiger partial charge on any atom is 0.282 e. The Kier molecular flexibility index (Phi) is 6.15. The molecule has 4 rings (SSSR count). The van der Waals surface area contributed by atoms with Crippen molar-refractivity contribution >= 4 is 11.6 Å². The molecule has 0 spiro atoms. The highest BCUT2D eigenvalue weighted by molar-refractivity contribution is 5.97. The molecule has 4 nitrogen and oxygen atoms in total. The lowest BCUT2D eigenvalue weighted by Gasteiger charge is -2.26. The van der Waals surface area contributed by atoms with E-state index in [-0.39, 0.29) is 11.9 Å². The van der Waals surface area contributed by atoms with Crippen molar-refractivity contribution in [1.82, 2.24) is 0 Å². The lowest BCUT2D eigenvalue weighted by molar-refractivity contribution is -0.938. The summed E-state index contributed by atoms with van der Waals surface area (Å²) in [6, 6.07) is 26.8. The summed E-state index contributed by atoms with van der Waals surface area (Å²) in [6.07, 6.45) is 2.37. The van der Waals surface area contributed by atoms with Crippen LogP contribution in [0.3, 0.4) is 0 Å². The number of amides is 1. The third-order valence-electron chi connectivity index (χ3n) is 5.89. The molecule has 1 fully saturated rings. The molecule has 1 saturated carbocycles. The highest BCUT2D eigenvalue weighted by atomic mass is 16.5. The smallest absolute Gasteiger partial charge is 0.282 e. The van der Waals surface area contributed by atoms with Gasteiger partial charge in [-0.3, -0.25) is 4.79 Å². The fourth-order valence-corrected chi connectivity index (χ4v) is 3.96. The largest absolute Gasteiger partial charge is 0.497 e. The van der Waals surface area contributed by atoms with Crippen LogP contribution in [0.1, 0.15) is 25.3 Å². The molecule has 1 aliphatic carbocycles. The molecule has 0 aromatic heterocycles. The van der Waals surface area contributed by atoms with Gasteiger partial charge in [-0.1, -0.05) is 48.5 Å². The summed E-state index contributed by atoms with van der Waals surface area (Å²) in [7, 11) is 1.68. The van der Waals surface area contributed by atoms with E-state index in [2.05, 4.69) is 35.6 Å². The number of methoxy groups -OCH3 is 1. The average Bonchev–Trinajstić information content (AvgIpc) is 3.63. The molecular weight excluding hydrogens is 372 g/mol. The van der Waals surface area contributed by atoms with Crippen LogP contribution in [0.4, 0.5) is 5.69 Å². The predicted molar refractivity (Wildman–Crippen MR) is 121 cm³/mol. The van der Waals surface area contributed by atoms with Gasteiger partial charge in [0, 0.05) is 29.7 Å². The van der Waals surface area contributed by atoms with Gasteiger partial charge in [0.1, 0.15) is 12.3 Å². The van der Waals surface area contributed by atoms with Crippen LogP contribution in [-0.2, 0) is 11.3 Å². The minimum absolute atomic E-state index is 0.0637. The average molecular weight is 402 g/mol. The summed E-state index contributed by atoms with van der Waals surface area (Å²) in [5.74, 6) is 0.920. The number of ether oxygens (including phenoxy) is 1. The summed E-state index contributed by atoms with van der Waals surface area (Å²) in [5.41, 5.74) is 4.23. The molecule has 2 atom stereocenters. The number of anilines is 1. The van der Waals surface area contributed by atoms with Crippen LogP contribution in [0.15, 0.2) is 78.9 Å². The molecule has 0 radical (unpaired) electrons. The van der Waals surface area contributed by atoms with Gasteiger partial charge in [0.05, 0.1) is 13.2 Å². The highest BCUT2D eigenvalue weighted by Crippen LogP contribution is 2.27. The molecule has 2 N–H and O–H groups in total. The molecule has 4 heteroatoms. The van der Waals surface area contributed by atoms with E-state index in [1.165, 1.54) is 23.3 Å². The lowest BCUT2D eigenvalue weighted by Crippen LogP contribution is -3.16. The molecule has 1 aliphatic rings. The lowest BCUT2D eigenvalue weighted by atomic mass is 10.0. The number of quaternary nitrogens is 1. The van der Waals surface area contributed by atoms with E-state index in [1.807, 2.05) is 55.5 Å². The number of rotatable bonds is 8. The number of para-hydroxylation sites is 1. The van der Waals surface area contributed by atoms with E-state index in [4.69, 9.17) is 4.74 Å². The SMILES string of the molecule is COc1ccc(C[NH+](C2CC2)[C@@H](C)C(=O)Nc2ccccc2-c2ccccc2)cc1. The minimum atomic E-state index is -0.136. The Morgan fingerprint density at radius 3 is 2.33 bits per heavy atom. The van der Waals surface area contributed by atoms with Crippen molar-refractivity contribution in [3.8, 4) is 16.9 Å². The fraction of sp³-hybridized carbons (Fsp3) is 0.269. The van der Waals surface area contributed by atoms with Crippen LogP contribution in [0.5, 0.6) is 5.75 Å². The van der Waals surface area contributed by atoms with Crippen molar-refractivity contribution < 1.29 is 14.4 Å². The molecule has 0 aliphatic heterocycles. The quantitative estimate of drug-likeness (QED) is 0.600. The summed E-state index contributed by atoms with van der Waals surface area (Å²) in [4.78, 5) is 14.5. The second-order valence-corrected chi connectivity index (χ2v) is 8.00. The topological polar surface area (TPSA) is 42.8 Å². The maximum atomic E-state index is 13.2. The van der Waals surface area contributed by atoms with E-state index in [0.29, 0.717) is 6.04 Å². The summed E-state index contributed by atoms with van der Waals surface area (Å²) >= 11 is 0. The van der Waals surface area contributed by atoms with Gasteiger partial charge in [-0.05, 0) is 42.8 Å². The van der Waals surface area contributed by atoms with Gasteiger partial charge in [0.25, 0.3) is 5.91 Å². The Labute approximate surface area is 178 Å². The van der Waals surface area contributed by atoms with Crippen LogP contribution in [0.2, 0.25) is 0 Å². The first-order chi connectivity index (χ1) is 14.7. The third kappa shape index (κ3) is 4.71. The second-order valence-electron chi connectivity index (χ2n) is 8.00. The first kappa shape index (κ1) is 20.2. The van der Waals surface area contributed by atoms with Gasteiger partial charge in [0.2, 0.25) is 0 Å².